The average Bonchev–Trinajstić information content (AvgIpc) is 3.35. The topological polar surface area (TPSA) is 75.5 Å². The number of unbranched alkanes of at least 4 members (excludes halogenated alkanes) is 1. The Hall–Kier alpha value is -3.78. The van der Waals surface area contributed by atoms with Crippen LogP contribution in [0.25, 0.3) is 0 Å². The third-order valence-electron chi connectivity index (χ3n) is 6.11. The Morgan fingerprint density at radius 1 is 0.895 bits per heavy atom. The lowest BCUT2D eigenvalue weighted by atomic mass is 10.1. The normalized spacial score (nSPS) is 11.7. The van der Waals surface area contributed by atoms with Gasteiger partial charge < -0.3 is 18.8 Å². The molecule has 8 heteroatoms. The maximum absolute atomic E-state index is 12.4. The second kappa shape index (κ2) is 13.7. The number of benzene rings is 3. The summed E-state index contributed by atoms with van der Waals surface area (Å²) in [6, 6.07) is 25.2. The second-order valence-corrected chi connectivity index (χ2v) is 9.74. The predicted octanol–water partition coefficient (Wildman–Crippen LogP) is 6.26. The maximum Gasteiger partial charge on any atom is 0.351 e. The first-order valence-corrected chi connectivity index (χ1v) is 13.7. The lowest BCUT2D eigenvalue weighted by Gasteiger charge is -2.17. The van der Waals surface area contributed by atoms with E-state index in [2.05, 4.69) is 33.8 Å². The van der Waals surface area contributed by atoms with Crippen LogP contribution in [0.4, 0.5) is 0 Å². The fraction of sp³-hybridized carbons (Fsp3) is 0.300. The zero-order valence-electron chi connectivity index (χ0n) is 22.0. The molecule has 0 aliphatic rings. The molecular weight excluding hydrogens is 498 g/mol. The zero-order valence-corrected chi connectivity index (χ0v) is 22.8. The van der Waals surface area contributed by atoms with E-state index in [9.17, 15) is 4.79 Å². The van der Waals surface area contributed by atoms with Crippen LogP contribution >= 0.6 is 11.8 Å². The van der Waals surface area contributed by atoms with E-state index in [1.807, 2.05) is 66.7 Å². The fourth-order valence-corrected chi connectivity index (χ4v) is 4.87. The molecule has 0 fully saturated rings. The Labute approximate surface area is 228 Å². The number of esters is 1. The Morgan fingerprint density at radius 3 is 2.24 bits per heavy atom. The molecule has 0 amide bonds. The van der Waals surface area contributed by atoms with Crippen LogP contribution in [0, 0.1) is 0 Å². The maximum atomic E-state index is 12.4. The molecule has 0 spiro atoms. The first kappa shape index (κ1) is 27.3. The Morgan fingerprint density at radius 2 is 1.58 bits per heavy atom. The van der Waals surface area contributed by atoms with Crippen molar-refractivity contribution in [3.05, 3.63) is 101 Å². The third kappa shape index (κ3) is 7.16. The van der Waals surface area contributed by atoms with Crippen molar-refractivity contribution in [3.8, 4) is 11.5 Å². The van der Waals surface area contributed by atoms with Crippen LogP contribution in [-0.2, 0) is 28.2 Å². The van der Waals surface area contributed by atoms with Gasteiger partial charge in [0.15, 0.2) is 5.16 Å². The van der Waals surface area contributed by atoms with Crippen molar-refractivity contribution in [1.29, 1.82) is 0 Å². The van der Waals surface area contributed by atoms with E-state index < -0.39 is 12.1 Å². The molecule has 1 aromatic heterocycles. The smallest absolute Gasteiger partial charge is 0.351 e. The van der Waals surface area contributed by atoms with Crippen molar-refractivity contribution in [1.82, 2.24) is 14.8 Å². The number of nitrogens with zero attached hydrogens (tertiary/aromatic N) is 3. The Balaban J connectivity index is 1.48. The van der Waals surface area contributed by atoms with E-state index in [4.69, 9.17) is 14.2 Å². The third-order valence-corrected chi connectivity index (χ3v) is 7.15. The molecule has 3 aromatic carbocycles. The van der Waals surface area contributed by atoms with Gasteiger partial charge in [-0.05, 0) is 41.8 Å². The summed E-state index contributed by atoms with van der Waals surface area (Å²) in [5.41, 5.74) is 3.03. The number of ether oxygens (including phenoxy) is 3. The summed E-state index contributed by atoms with van der Waals surface area (Å²) in [5, 5.41) is 9.90. The summed E-state index contributed by atoms with van der Waals surface area (Å²) < 4.78 is 18.5. The molecule has 38 heavy (non-hydrogen) atoms. The summed E-state index contributed by atoms with van der Waals surface area (Å²) in [7, 11) is 3.04. The molecule has 1 atom stereocenters. The monoisotopic (exact) mass is 531 g/mol. The number of hydrogen-bond acceptors (Lipinski definition) is 7. The van der Waals surface area contributed by atoms with E-state index in [1.54, 1.807) is 18.9 Å². The first-order chi connectivity index (χ1) is 18.6. The number of aromatic nitrogens is 3. The van der Waals surface area contributed by atoms with Crippen LogP contribution in [0.1, 0.15) is 48.4 Å². The van der Waals surface area contributed by atoms with Gasteiger partial charge >= 0.3 is 5.97 Å². The quantitative estimate of drug-likeness (QED) is 0.149. The molecule has 0 aliphatic heterocycles. The van der Waals surface area contributed by atoms with Crippen LogP contribution < -0.4 is 9.47 Å². The van der Waals surface area contributed by atoms with Gasteiger partial charge in [0.25, 0.3) is 0 Å². The molecule has 0 bridgehead atoms. The van der Waals surface area contributed by atoms with Gasteiger partial charge in [0.1, 0.15) is 17.3 Å². The van der Waals surface area contributed by atoms with Crippen LogP contribution in [-0.4, -0.2) is 35.0 Å². The molecule has 0 aliphatic carbocycles. The van der Waals surface area contributed by atoms with Crippen molar-refractivity contribution in [2.24, 2.45) is 0 Å². The van der Waals surface area contributed by atoms with Crippen molar-refractivity contribution in [2.75, 3.05) is 14.2 Å². The SMILES string of the molecule is CCCCc1nnc(SCc2ccc(OC)cc2)n1Cc1ccc(OC(C(=O)OC)c2ccccc2)cc1. The van der Waals surface area contributed by atoms with E-state index in [1.165, 1.54) is 12.7 Å². The van der Waals surface area contributed by atoms with Crippen molar-refractivity contribution < 1.29 is 19.0 Å². The highest BCUT2D eigenvalue weighted by Crippen LogP contribution is 2.27. The largest absolute Gasteiger partial charge is 0.497 e. The van der Waals surface area contributed by atoms with Crippen LogP contribution in [0.5, 0.6) is 11.5 Å². The van der Waals surface area contributed by atoms with E-state index >= 15 is 0 Å². The molecular formula is C30H33N3O4S. The number of hydrogen-bond donors (Lipinski definition) is 0. The van der Waals surface area contributed by atoms with E-state index in [-0.39, 0.29) is 0 Å². The van der Waals surface area contributed by atoms with E-state index in [0.29, 0.717) is 12.3 Å². The number of methoxy groups -OCH3 is 2. The van der Waals surface area contributed by atoms with E-state index in [0.717, 1.165) is 52.9 Å². The standard InChI is InChI=1S/C30H33N3O4S/c1-4-5-11-27-31-32-30(38-21-23-14-16-25(35-2)17-15-23)33(27)20-22-12-18-26(19-13-22)37-28(29(34)36-3)24-9-7-6-8-10-24/h6-10,12-19,28H,4-5,11,20-21H2,1-3H3. The van der Waals surface area contributed by atoms with Crippen LogP contribution in [0.15, 0.2) is 84.0 Å². The van der Waals surface area contributed by atoms with Crippen molar-refractivity contribution in [3.63, 3.8) is 0 Å². The van der Waals surface area contributed by atoms with Crippen LogP contribution in [0.3, 0.4) is 0 Å². The van der Waals surface area contributed by atoms with Gasteiger partial charge in [-0.15, -0.1) is 10.2 Å². The molecule has 0 radical (unpaired) electrons. The van der Waals surface area contributed by atoms with Gasteiger partial charge in [0.05, 0.1) is 20.8 Å². The molecule has 1 unspecified atom stereocenters. The Bertz CT molecular complexity index is 1290. The number of carbonyl (C=O) groups is 1. The number of carbonyl (C=O) groups excluding carboxylic acids is 1. The summed E-state index contributed by atoms with van der Waals surface area (Å²) in [6.45, 7) is 2.83. The van der Waals surface area contributed by atoms with Gasteiger partial charge in [-0.2, -0.15) is 0 Å². The molecule has 7 nitrogen and oxygen atoms in total. The van der Waals surface area contributed by atoms with Gasteiger partial charge in [-0.25, -0.2) is 4.79 Å². The van der Waals surface area contributed by atoms with Crippen molar-refractivity contribution >= 4 is 17.7 Å². The zero-order chi connectivity index (χ0) is 26.7. The minimum atomic E-state index is -0.827. The molecule has 0 saturated heterocycles. The number of thioether (sulfide) groups is 1. The Kier molecular flexibility index (Phi) is 9.81. The number of aryl methyl sites for hydroxylation is 1. The summed E-state index contributed by atoms with van der Waals surface area (Å²) in [5.74, 6) is 2.77. The first-order valence-electron chi connectivity index (χ1n) is 12.7. The van der Waals surface area contributed by atoms with Gasteiger partial charge in [-0.1, -0.05) is 79.7 Å². The number of rotatable bonds is 13. The van der Waals surface area contributed by atoms with Gasteiger partial charge in [-0.3, -0.25) is 0 Å². The molecule has 0 N–H and O–H groups in total. The van der Waals surface area contributed by atoms with Gasteiger partial charge in [0, 0.05) is 17.7 Å². The van der Waals surface area contributed by atoms with Crippen molar-refractivity contribution in [2.45, 2.75) is 49.7 Å². The minimum Gasteiger partial charge on any atom is -0.497 e. The summed E-state index contributed by atoms with van der Waals surface area (Å²) >= 11 is 1.67. The lowest BCUT2D eigenvalue weighted by Crippen LogP contribution is -2.20. The van der Waals surface area contributed by atoms with Gasteiger partial charge in [0.2, 0.25) is 6.10 Å². The molecule has 198 valence electrons. The lowest BCUT2D eigenvalue weighted by molar-refractivity contribution is -0.149. The molecule has 0 saturated carbocycles. The minimum absolute atomic E-state index is 0.441. The fourth-order valence-electron chi connectivity index (χ4n) is 3.95. The summed E-state index contributed by atoms with van der Waals surface area (Å²) in [4.78, 5) is 12.4. The average molecular weight is 532 g/mol. The van der Waals surface area contributed by atoms with Crippen LogP contribution in [0.2, 0.25) is 0 Å². The molecule has 4 rings (SSSR count). The highest BCUT2D eigenvalue weighted by molar-refractivity contribution is 7.98. The molecule has 4 aromatic rings. The highest BCUT2D eigenvalue weighted by atomic mass is 32.2. The predicted molar refractivity (Wildman–Crippen MR) is 149 cm³/mol. The molecule has 1 heterocycles. The highest BCUT2D eigenvalue weighted by Gasteiger charge is 2.23. The summed E-state index contributed by atoms with van der Waals surface area (Å²) in [6.07, 6.45) is 2.20. The second-order valence-electron chi connectivity index (χ2n) is 8.80.